The maximum absolute atomic E-state index is 13.2. The Balaban J connectivity index is 2.80. The lowest BCUT2D eigenvalue weighted by Gasteiger charge is -2.14. The third-order valence-corrected chi connectivity index (χ3v) is 1.83. The monoisotopic (exact) mass is 196 g/mol. The average Bonchev–Trinajstić information content (AvgIpc) is 2.07. The second kappa shape index (κ2) is 3.74. The van der Waals surface area contributed by atoms with Gasteiger partial charge in [-0.1, -0.05) is 0 Å². The zero-order valence-electron chi connectivity index (χ0n) is 8.47. The zero-order valence-corrected chi connectivity index (χ0v) is 8.47. The van der Waals surface area contributed by atoms with Gasteiger partial charge in [-0.3, -0.25) is 9.78 Å². The predicted molar refractivity (Wildman–Crippen MR) is 52.8 cm³/mol. The minimum atomic E-state index is -1.87. The minimum Gasteiger partial charge on any atom is -0.322 e. The third-order valence-electron chi connectivity index (χ3n) is 1.83. The number of anilines is 1. The summed E-state index contributed by atoms with van der Waals surface area (Å²) in [5, 5.41) is 2.47. The van der Waals surface area contributed by atoms with Crippen LogP contribution in [-0.4, -0.2) is 16.6 Å². The lowest BCUT2D eigenvalue weighted by molar-refractivity contribution is -0.125. The van der Waals surface area contributed by atoms with Crippen LogP contribution in [0.4, 0.5) is 10.1 Å². The number of pyridine rings is 1. The Labute approximate surface area is 82.4 Å². The van der Waals surface area contributed by atoms with Gasteiger partial charge in [0.05, 0.1) is 11.9 Å². The maximum Gasteiger partial charge on any atom is 0.261 e. The van der Waals surface area contributed by atoms with Crippen LogP contribution in [0.1, 0.15) is 19.4 Å². The van der Waals surface area contributed by atoms with Gasteiger partial charge in [0.15, 0.2) is 5.67 Å². The van der Waals surface area contributed by atoms with Crippen LogP contribution >= 0.6 is 0 Å². The highest BCUT2D eigenvalue weighted by molar-refractivity contribution is 5.96. The molecular weight excluding hydrogens is 183 g/mol. The van der Waals surface area contributed by atoms with Crippen LogP contribution < -0.4 is 5.32 Å². The van der Waals surface area contributed by atoms with Crippen LogP contribution in [0.15, 0.2) is 18.5 Å². The van der Waals surface area contributed by atoms with E-state index in [9.17, 15) is 9.18 Å². The first-order valence-corrected chi connectivity index (χ1v) is 4.32. The number of hydrogen-bond donors (Lipinski definition) is 1. The first kappa shape index (κ1) is 10.6. The molecule has 1 N–H and O–H groups in total. The topological polar surface area (TPSA) is 42.0 Å². The number of aryl methyl sites for hydroxylation is 1. The number of hydrogen-bond acceptors (Lipinski definition) is 2. The lowest BCUT2D eigenvalue weighted by atomic mass is 10.1. The highest BCUT2D eigenvalue weighted by Gasteiger charge is 2.26. The normalized spacial score (nSPS) is 11.1. The van der Waals surface area contributed by atoms with Gasteiger partial charge in [-0.05, 0) is 32.4 Å². The molecular formula is C10H13FN2O. The van der Waals surface area contributed by atoms with Crippen LogP contribution in [0, 0.1) is 6.92 Å². The Morgan fingerprint density at radius 2 is 2.21 bits per heavy atom. The van der Waals surface area contributed by atoms with Crippen molar-refractivity contribution in [3.05, 3.63) is 24.0 Å². The van der Waals surface area contributed by atoms with E-state index >= 15 is 0 Å². The minimum absolute atomic E-state index is 0.545. The molecule has 0 bridgehead atoms. The smallest absolute Gasteiger partial charge is 0.261 e. The summed E-state index contributed by atoms with van der Waals surface area (Å²) in [6.45, 7) is 4.25. The average molecular weight is 196 g/mol. The van der Waals surface area contributed by atoms with Gasteiger partial charge in [-0.25, -0.2) is 4.39 Å². The molecule has 0 fully saturated rings. The molecule has 0 radical (unpaired) electrons. The largest absolute Gasteiger partial charge is 0.322 e. The van der Waals surface area contributed by atoms with Crippen molar-refractivity contribution in [2.24, 2.45) is 0 Å². The maximum atomic E-state index is 13.2. The highest BCUT2D eigenvalue weighted by Crippen LogP contribution is 2.16. The van der Waals surface area contributed by atoms with Crippen molar-refractivity contribution in [2.75, 3.05) is 5.32 Å². The summed E-state index contributed by atoms with van der Waals surface area (Å²) >= 11 is 0. The van der Waals surface area contributed by atoms with Gasteiger partial charge >= 0.3 is 0 Å². The molecule has 0 unspecified atom stereocenters. The summed E-state index contributed by atoms with van der Waals surface area (Å²) in [6, 6.07) is 1.75. The summed E-state index contributed by atoms with van der Waals surface area (Å²) in [7, 11) is 0. The molecule has 1 heterocycles. The van der Waals surface area contributed by atoms with Gasteiger partial charge in [-0.15, -0.1) is 0 Å². The molecule has 76 valence electrons. The van der Waals surface area contributed by atoms with E-state index in [1.807, 2.05) is 6.92 Å². The molecule has 0 aliphatic heterocycles. The number of aromatic nitrogens is 1. The molecule has 0 saturated carbocycles. The Bertz CT molecular complexity index is 344. The molecule has 1 rings (SSSR count). The number of nitrogens with one attached hydrogen (secondary N) is 1. The summed E-state index contributed by atoms with van der Waals surface area (Å²) in [6.07, 6.45) is 3.12. The van der Waals surface area contributed by atoms with Gasteiger partial charge in [0, 0.05) is 6.20 Å². The molecule has 0 spiro atoms. The summed E-state index contributed by atoms with van der Waals surface area (Å²) < 4.78 is 13.2. The van der Waals surface area contributed by atoms with Crippen LogP contribution in [0.5, 0.6) is 0 Å². The first-order chi connectivity index (χ1) is 6.41. The quantitative estimate of drug-likeness (QED) is 0.786. The molecule has 1 amide bonds. The zero-order chi connectivity index (χ0) is 10.8. The van der Waals surface area contributed by atoms with E-state index in [1.165, 1.54) is 20.0 Å². The first-order valence-electron chi connectivity index (χ1n) is 4.32. The summed E-state index contributed by atoms with van der Waals surface area (Å²) in [5.41, 5.74) is -0.469. The Kier molecular flexibility index (Phi) is 2.84. The number of carbonyl (C=O) groups excluding carboxylic acids is 1. The van der Waals surface area contributed by atoms with Crippen LogP contribution in [0.3, 0.4) is 0 Å². The number of halogens is 1. The van der Waals surface area contributed by atoms with Crippen molar-refractivity contribution >= 4 is 11.6 Å². The number of carbonyl (C=O) groups is 1. The second-order valence-corrected chi connectivity index (χ2v) is 3.62. The van der Waals surface area contributed by atoms with Crippen molar-refractivity contribution in [3.8, 4) is 0 Å². The van der Waals surface area contributed by atoms with Gasteiger partial charge in [-0.2, -0.15) is 0 Å². The second-order valence-electron chi connectivity index (χ2n) is 3.62. The van der Waals surface area contributed by atoms with E-state index in [0.29, 0.717) is 5.69 Å². The fraction of sp³-hybridized carbons (Fsp3) is 0.400. The van der Waals surface area contributed by atoms with E-state index in [0.717, 1.165) is 5.56 Å². The Morgan fingerprint density at radius 1 is 1.57 bits per heavy atom. The number of rotatable bonds is 2. The third kappa shape index (κ3) is 2.52. The van der Waals surface area contributed by atoms with E-state index in [4.69, 9.17) is 0 Å². The molecule has 14 heavy (non-hydrogen) atoms. The van der Waals surface area contributed by atoms with Gasteiger partial charge in [0.1, 0.15) is 0 Å². The van der Waals surface area contributed by atoms with Crippen LogP contribution in [-0.2, 0) is 4.79 Å². The van der Waals surface area contributed by atoms with E-state index in [1.54, 1.807) is 12.3 Å². The van der Waals surface area contributed by atoms with Crippen molar-refractivity contribution in [3.63, 3.8) is 0 Å². The molecule has 1 aromatic rings. The summed E-state index contributed by atoms with van der Waals surface area (Å²) in [5.74, 6) is -0.659. The standard InChI is InChI=1S/C10H13FN2O/c1-7-4-5-12-6-8(7)13-9(14)10(2,3)11/h4-6H,1-3H3,(H,13,14). The van der Waals surface area contributed by atoms with Crippen molar-refractivity contribution < 1.29 is 9.18 Å². The molecule has 1 aromatic heterocycles. The molecule has 0 aliphatic rings. The van der Waals surface area contributed by atoms with Crippen molar-refractivity contribution in [1.82, 2.24) is 4.98 Å². The van der Waals surface area contributed by atoms with E-state index in [-0.39, 0.29) is 0 Å². The number of amides is 1. The lowest BCUT2D eigenvalue weighted by Crippen LogP contribution is -2.32. The molecule has 3 nitrogen and oxygen atoms in total. The number of nitrogens with zero attached hydrogens (tertiary/aromatic N) is 1. The Hall–Kier alpha value is -1.45. The molecule has 4 heteroatoms. The fourth-order valence-electron chi connectivity index (χ4n) is 0.866. The van der Waals surface area contributed by atoms with E-state index < -0.39 is 11.6 Å². The van der Waals surface area contributed by atoms with Crippen LogP contribution in [0.25, 0.3) is 0 Å². The van der Waals surface area contributed by atoms with Gasteiger partial charge in [0.25, 0.3) is 5.91 Å². The summed E-state index contributed by atoms with van der Waals surface area (Å²) in [4.78, 5) is 15.1. The van der Waals surface area contributed by atoms with Crippen molar-refractivity contribution in [2.45, 2.75) is 26.4 Å². The van der Waals surface area contributed by atoms with Gasteiger partial charge < -0.3 is 5.32 Å². The van der Waals surface area contributed by atoms with Crippen LogP contribution in [0.2, 0.25) is 0 Å². The molecule has 0 aliphatic carbocycles. The van der Waals surface area contributed by atoms with Gasteiger partial charge in [0.2, 0.25) is 0 Å². The molecule has 0 aromatic carbocycles. The highest BCUT2D eigenvalue weighted by atomic mass is 19.1. The predicted octanol–water partition coefficient (Wildman–Crippen LogP) is 2.08. The SMILES string of the molecule is Cc1ccncc1NC(=O)C(C)(C)F. The van der Waals surface area contributed by atoms with E-state index in [2.05, 4.69) is 10.3 Å². The Morgan fingerprint density at radius 3 is 2.71 bits per heavy atom. The molecule has 0 saturated heterocycles. The van der Waals surface area contributed by atoms with Crippen molar-refractivity contribution in [1.29, 1.82) is 0 Å². The number of alkyl halides is 1. The molecule has 0 atom stereocenters. The fourth-order valence-corrected chi connectivity index (χ4v) is 0.866.